The van der Waals surface area contributed by atoms with Crippen LogP contribution in [0.2, 0.25) is 0 Å². The van der Waals surface area contributed by atoms with Gasteiger partial charge >= 0.3 is 0 Å². The van der Waals surface area contributed by atoms with Crippen molar-refractivity contribution in [2.24, 2.45) is 5.41 Å². The van der Waals surface area contributed by atoms with Crippen LogP contribution < -0.4 is 10.1 Å². The Bertz CT molecular complexity index is 1110. The molecule has 1 amide bonds. The molecule has 0 bridgehead atoms. The van der Waals surface area contributed by atoms with Gasteiger partial charge in [-0.05, 0) is 36.5 Å². The summed E-state index contributed by atoms with van der Waals surface area (Å²) in [5, 5.41) is 7.24. The van der Waals surface area contributed by atoms with Crippen molar-refractivity contribution in [3.8, 4) is 5.75 Å². The van der Waals surface area contributed by atoms with E-state index in [1.54, 1.807) is 17.8 Å². The van der Waals surface area contributed by atoms with Gasteiger partial charge in [-0.25, -0.2) is 9.50 Å². The number of fused-ring (bicyclic) bond motifs is 3. The molecule has 1 N–H and O–H groups in total. The summed E-state index contributed by atoms with van der Waals surface area (Å²) in [4.78, 5) is 29.7. The van der Waals surface area contributed by atoms with Gasteiger partial charge in [0, 0.05) is 12.6 Å². The smallest absolute Gasteiger partial charge is 0.261 e. The normalized spacial score (nSPS) is 15.4. The molecule has 7 nitrogen and oxygen atoms in total. The summed E-state index contributed by atoms with van der Waals surface area (Å²) < 4.78 is 6.95. The molecule has 28 heavy (non-hydrogen) atoms. The monoisotopic (exact) mass is 378 g/mol. The summed E-state index contributed by atoms with van der Waals surface area (Å²) >= 11 is 0. The van der Waals surface area contributed by atoms with Gasteiger partial charge in [-0.1, -0.05) is 19.9 Å². The van der Waals surface area contributed by atoms with Crippen LogP contribution in [-0.4, -0.2) is 33.4 Å². The predicted molar refractivity (Wildman–Crippen MR) is 105 cm³/mol. The molecule has 1 aromatic carbocycles. The number of nitrogens with zero attached hydrogens (tertiary/aromatic N) is 3. The van der Waals surface area contributed by atoms with E-state index in [4.69, 9.17) is 4.74 Å². The van der Waals surface area contributed by atoms with Crippen molar-refractivity contribution in [1.29, 1.82) is 0 Å². The Morgan fingerprint density at radius 2 is 2.04 bits per heavy atom. The lowest BCUT2D eigenvalue weighted by Gasteiger charge is -2.29. The fourth-order valence-corrected chi connectivity index (χ4v) is 3.70. The number of carbonyl (C=O) groups excluding carboxylic acids is 2. The first-order valence-electron chi connectivity index (χ1n) is 9.14. The highest BCUT2D eigenvalue weighted by Crippen LogP contribution is 2.35. The second-order valence-corrected chi connectivity index (χ2v) is 8.01. The summed E-state index contributed by atoms with van der Waals surface area (Å²) in [5.41, 5.74) is 3.61. The maximum atomic E-state index is 12.9. The summed E-state index contributed by atoms with van der Waals surface area (Å²) in [6.45, 7) is 6.06. The molecule has 0 saturated heterocycles. The maximum absolute atomic E-state index is 12.9. The zero-order valence-electron chi connectivity index (χ0n) is 16.4. The Morgan fingerprint density at radius 1 is 1.25 bits per heavy atom. The number of nitrogens with one attached hydrogen (secondary N) is 1. The fraction of sp³-hybridized carbons (Fsp3) is 0.333. The van der Waals surface area contributed by atoms with Gasteiger partial charge in [0.2, 0.25) is 0 Å². The quantitative estimate of drug-likeness (QED) is 0.754. The largest absolute Gasteiger partial charge is 0.495 e. The molecule has 2 heterocycles. The molecule has 0 spiro atoms. The third kappa shape index (κ3) is 3.02. The van der Waals surface area contributed by atoms with Crippen molar-refractivity contribution in [3.63, 3.8) is 0 Å². The SMILES string of the molecule is COc1ccc(C)cc1NC(=O)c1cnn2c3c(cnc12)C(=O)CC(C)(C)C3. The van der Waals surface area contributed by atoms with Gasteiger partial charge in [0.25, 0.3) is 5.91 Å². The lowest BCUT2D eigenvalue weighted by Crippen LogP contribution is -2.29. The molecule has 2 aromatic heterocycles. The molecule has 1 aliphatic rings. The van der Waals surface area contributed by atoms with Crippen molar-refractivity contribution in [2.45, 2.75) is 33.6 Å². The van der Waals surface area contributed by atoms with Gasteiger partial charge in [-0.3, -0.25) is 9.59 Å². The predicted octanol–water partition coefficient (Wildman–Crippen LogP) is 3.45. The number of rotatable bonds is 3. The van der Waals surface area contributed by atoms with E-state index in [1.807, 2.05) is 25.1 Å². The van der Waals surface area contributed by atoms with Crippen molar-refractivity contribution >= 4 is 23.0 Å². The summed E-state index contributed by atoms with van der Waals surface area (Å²) in [6.07, 6.45) is 4.23. The first kappa shape index (κ1) is 18.2. The zero-order valence-corrected chi connectivity index (χ0v) is 16.4. The second kappa shape index (κ2) is 6.44. The van der Waals surface area contributed by atoms with E-state index in [-0.39, 0.29) is 17.1 Å². The van der Waals surface area contributed by atoms with Crippen LogP contribution in [0.25, 0.3) is 5.65 Å². The highest BCUT2D eigenvalue weighted by atomic mass is 16.5. The third-order valence-electron chi connectivity index (χ3n) is 5.06. The van der Waals surface area contributed by atoms with Gasteiger partial charge in [0.15, 0.2) is 11.4 Å². The van der Waals surface area contributed by atoms with Crippen LogP contribution in [0.15, 0.2) is 30.6 Å². The van der Waals surface area contributed by atoms with E-state index >= 15 is 0 Å². The topological polar surface area (TPSA) is 85.6 Å². The van der Waals surface area contributed by atoms with E-state index in [9.17, 15) is 9.59 Å². The number of aromatic nitrogens is 3. The first-order chi connectivity index (χ1) is 13.3. The molecule has 144 valence electrons. The van der Waals surface area contributed by atoms with E-state index in [0.29, 0.717) is 41.1 Å². The molecule has 1 aliphatic carbocycles. The molecule has 0 unspecified atom stereocenters. The van der Waals surface area contributed by atoms with Gasteiger partial charge < -0.3 is 10.1 Å². The van der Waals surface area contributed by atoms with Crippen molar-refractivity contribution in [1.82, 2.24) is 14.6 Å². The van der Waals surface area contributed by atoms with E-state index in [0.717, 1.165) is 11.3 Å². The standard InChI is InChI=1S/C21H22N4O3/c1-12-5-6-18(28-4)15(7-12)24-20(27)14-11-23-25-16-8-21(2,3)9-17(26)13(16)10-22-19(14)25/h5-7,10-11H,8-9H2,1-4H3,(H,24,27). The zero-order chi connectivity index (χ0) is 20.1. The second-order valence-electron chi connectivity index (χ2n) is 8.01. The van der Waals surface area contributed by atoms with Crippen LogP contribution in [0.5, 0.6) is 5.75 Å². The molecule has 0 saturated carbocycles. The molecule has 4 rings (SSSR count). The lowest BCUT2D eigenvalue weighted by atomic mass is 9.76. The minimum absolute atomic E-state index is 0.0617. The Labute approximate surface area is 162 Å². The number of methoxy groups -OCH3 is 1. The number of ether oxygens (including phenoxy) is 1. The first-order valence-corrected chi connectivity index (χ1v) is 9.14. The van der Waals surface area contributed by atoms with Crippen molar-refractivity contribution in [2.75, 3.05) is 12.4 Å². The Hall–Kier alpha value is -3.22. The Kier molecular flexibility index (Phi) is 4.18. The van der Waals surface area contributed by atoms with Crippen molar-refractivity contribution in [3.05, 3.63) is 53.0 Å². The van der Waals surface area contributed by atoms with E-state index < -0.39 is 0 Å². The molecule has 0 fully saturated rings. The minimum atomic E-state index is -0.326. The molecule has 0 aliphatic heterocycles. The molecule has 7 heteroatoms. The number of Topliss-reactive ketones (excluding diaryl/α,β-unsaturated/α-hetero) is 1. The van der Waals surface area contributed by atoms with E-state index in [1.165, 1.54) is 6.20 Å². The number of hydrogen-bond donors (Lipinski definition) is 1. The molecule has 0 atom stereocenters. The highest BCUT2D eigenvalue weighted by Gasteiger charge is 2.33. The molecular weight excluding hydrogens is 356 g/mol. The molecular formula is C21H22N4O3. The van der Waals surface area contributed by atoms with Crippen LogP contribution >= 0.6 is 0 Å². The summed E-state index contributed by atoms with van der Waals surface area (Å²) in [5.74, 6) is 0.313. The average Bonchev–Trinajstić information content (AvgIpc) is 3.05. The summed E-state index contributed by atoms with van der Waals surface area (Å²) in [7, 11) is 1.56. The number of aryl methyl sites for hydroxylation is 1. The number of carbonyl (C=O) groups is 2. The Balaban J connectivity index is 1.74. The average molecular weight is 378 g/mol. The van der Waals surface area contributed by atoms with Gasteiger partial charge in [-0.2, -0.15) is 5.10 Å². The fourth-order valence-electron chi connectivity index (χ4n) is 3.70. The highest BCUT2D eigenvalue weighted by molar-refractivity contribution is 6.09. The van der Waals surface area contributed by atoms with Crippen LogP contribution in [0.4, 0.5) is 5.69 Å². The van der Waals surface area contributed by atoms with Crippen LogP contribution in [0.1, 0.15) is 52.2 Å². The number of amides is 1. The lowest BCUT2D eigenvalue weighted by molar-refractivity contribution is 0.0908. The number of anilines is 1. The Morgan fingerprint density at radius 3 is 2.79 bits per heavy atom. The number of benzene rings is 1. The minimum Gasteiger partial charge on any atom is -0.495 e. The maximum Gasteiger partial charge on any atom is 0.261 e. The summed E-state index contributed by atoms with van der Waals surface area (Å²) in [6, 6.07) is 5.57. The third-order valence-corrected chi connectivity index (χ3v) is 5.06. The van der Waals surface area contributed by atoms with Crippen molar-refractivity contribution < 1.29 is 14.3 Å². The number of ketones is 1. The van der Waals surface area contributed by atoms with E-state index in [2.05, 4.69) is 29.2 Å². The van der Waals surface area contributed by atoms with Crippen LogP contribution in [-0.2, 0) is 6.42 Å². The van der Waals surface area contributed by atoms with Gasteiger partial charge in [-0.15, -0.1) is 0 Å². The van der Waals surface area contributed by atoms with Gasteiger partial charge in [0.1, 0.15) is 11.3 Å². The van der Waals surface area contributed by atoms with Crippen LogP contribution in [0, 0.1) is 12.3 Å². The molecule has 0 radical (unpaired) electrons. The van der Waals surface area contributed by atoms with Crippen LogP contribution in [0.3, 0.4) is 0 Å². The number of hydrogen-bond acceptors (Lipinski definition) is 5. The van der Waals surface area contributed by atoms with Gasteiger partial charge in [0.05, 0.1) is 30.3 Å². The molecule has 3 aromatic rings.